The van der Waals surface area contributed by atoms with E-state index in [1.54, 1.807) is 0 Å². The zero-order valence-electron chi connectivity index (χ0n) is 7.95. The molecule has 6 heteroatoms. The topological polar surface area (TPSA) is 52.0 Å². The van der Waals surface area contributed by atoms with Crippen molar-refractivity contribution in [2.45, 2.75) is 6.18 Å². The van der Waals surface area contributed by atoms with Crippen molar-refractivity contribution < 1.29 is 17.7 Å². The minimum Gasteiger partial charge on any atom is -0.399 e. The molecule has 0 aliphatic heterocycles. The zero-order valence-corrected chi connectivity index (χ0v) is 7.95. The van der Waals surface area contributed by atoms with Crippen LogP contribution >= 0.6 is 0 Å². The third-order valence-electron chi connectivity index (χ3n) is 2.06. The molecule has 0 amide bonds. The maximum Gasteiger partial charge on any atom is 0.421 e. The maximum absolute atomic E-state index is 12.5. The van der Waals surface area contributed by atoms with Gasteiger partial charge in [0.1, 0.15) is 17.5 Å². The van der Waals surface area contributed by atoms with Crippen LogP contribution in [0.25, 0.3) is 11.3 Å². The summed E-state index contributed by atoms with van der Waals surface area (Å²) in [5, 5.41) is 3.35. The van der Waals surface area contributed by atoms with E-state index >= 15 is 0 Å². The molecular formula is C10H7F3N2O. The Balaban J connectivity index is 2.49. The van der Waals surface area contributed by atoms with Gasteiger partial charge in [-0.2, -0.15) is 13.2 Å². The number of rotatable bonds is 1. The molecule has 84 valence electrons. The highest BCUT2D eigenvalue weighted by Crippen LogP contribution is 2.36. The van der Waals surface area contributed by atoms with Gasteiger partial charge in [0.2, 0.25) is 0 Å². The molecule has 2 aromatic rings. The molecule has 0 fully saturated rings. The lowest BCUT2D eigenvalue weighted by atomic mass is 10.1. The zero-order chi connectivity index (χ0) is 11.8. The van der Waals surface area contributed by atoms with E-state index in [1.807, 2.05) is 0 Å². The average Bonchev–Trinajstić information content (AvgIpc) is 2.66. The number of nitrogens with zero attached hydrogens (tertiary/aromatic N) is 1. The van der Waals surface area contributed by atoms with E-state index < -0.39 is 11.7 Å². The van der Waals surface area contributed by atoms with Crippen LogP contribution in [0.1, 0.15) is 5.56 Å². The number of nitrogens with two attached hydrogens (primary N) is 1. The van der Waals surface area contributed by atoms with Crippen molar-refractivity contribution in [2.24, 2.45) is 0 Å². The first kappa shape index (κ1) is 10.5. The molecule has 1 aromatic carbocycles. The fourth-order valence-electron chi connectivity index (χ4n) is 1.29. The monoisotopic (exact) mass is 228 g/mol. The Bertz CT molecular complexity index is 488. The minimum absolute atomic E-state index is 0.229. The van der Waals surface area contributed by atoms with E-state index in [4.69, 9.17) is 5.73 Å². The van der Waals surface area contributed by atoms with Gasteiger partial charge in [-0.25, -0.2) is 0 Å². The Morgan fingerprint density at radius 1 is 1.12 bits per heavy atom. The predicted molar refractivity (Wildman–Crippen MR) is 51.4 cm³/mol. The van der Waals surface area contributed by atoms with Gasteiger partial charge in [0.05, 0.1) is 0 Å². The lowest BCUT2D eigenvalue weighted by Crippen LogP contribution is -2.05. The van der Waals surface area contributed by atoms with E-state index in [9.17, 15) is 13.2 Å². The third kappa shape index (κ3) is 1.86. The molecule has 1 aromatic heterocycles. The van der Waals surface area contributed by atoms with Crippen LogP contribution in [-0.4, -0.2) is 5.16 Å². The first-order valence-electron chi connectivity index (χ1n) is 4.36. The van der Waals surface area contributed by atoms with Crippen molar-refractivity contribution in [1.29, 1.82) is 0 Å². The number of nitrogen functional groups attached to an aromatic ring is 1. The molecule has 3 nitrogen and oxygen atoms in total. The van der Waals surface area contributed by atoms with Crippen molar-refractivity contribution in [3.8, 4) is 11.3 Å². The van der Waals surface area contributed by atoms with Crippen LogP contribution in [0.4, 0.5) is 18.9 Å². The van der Waals surface area contributed by atoms with Crippen LogP contribution in [0.2, 0.25) is 0 Å². The van der Waals surface area contributed by atoms with Gasteiger partial charge < -0.3 is 10.3 Å². The van der Waals surface area contributed by atoms with Crippen molar-refractivity contribution in [2.75, 3.05) is 5.73 Å². The molecule has 0 spiro atoms. The van der Waals surface area contributed by atoms with Gasteiger partial charge >= 0.3 is 6.18 Å². The van der Waals surface area contributed by atoms with E-state index in [0.717, 1.165) is 0 Å². The van der Waals surface area contributed by atoms with Crippen molar-refractivity contribution in [1.82, 2.24) is 5.16 Å². The summed E-state index contributed by atoms with van der Waals surface area (Å²) < 4.78 is 41.9. The van der Waals surface area contributed by atoms with Crippen molar-refractivity contribution in [3.05, 3.63) is 36.1 Å². The molecule has 0 atom stereocenters. The largest absolute Gasteiger partial charge is 0.421 e. The van der Waals surface area contributed by atoms with Gasteiger partial charge in [-0.1, -0.05) is 17.3 Å². The first-order valence-corrected chi connectivity index (χ1v) is 4.36. The van der Waals surface area contributed by atoms with Crippen LogP contribution < -0.4 is 5.73 Å². The third-order valence-corrected chi connectivity index (χ3v) is 2.06. The van der Waals surface area contributed by atoms with E-state index in [0.29, 0.717) is 17.5 Å². The van der Waals surface area contributed by atoms with Gasteiger partial charge in [0.15, 0.2) is 0 Å². The Hall–Kier alpha value is -1.98. The standard InChI is InChI=1S/C10H7F3N2O/c11-10(12,13)8-5-16-15-9(8)6-1-3-7(14)4-2-6/h1-5H,14H2. The Kier molecular flexibility index (Phi) is 2.34. The molecular weight excluding hydrogens is 221 g/mol. The lowest BCUT2D eigenvalue weighted by Gasteiger charge is -2.05. The number of hydrogen-bond donors (Lipinski definition) is 1. The molecule has 0 aliphatic rings. The van der Waals surface area contributed by atoms with Crippen LogP contribution in [-0.2, 0) is 6.18 Å². The van der Waals surface area contributed by atoms with E-state index in [1.165, 1.54) is 24.3 Å². The second-order valence-corrected chi connectivity index (χ2v) is 3.20. The minimum atomic E-state index is -4.48. The van der Waals surface area contributed by atoms with Gasteiger partial charge in [-0.15, -0.1) is 0 Å². The number of hydrogen-bond acceptors (Lipinski definition) is 3. The lowest BCUT2D eigenvalue weighted by molar-refractivity contribution is -0.137. The quantitative estimate of drug-likeness (QED) is 0.763. The van der Waals surface area contributed by atoms with Crippen LogP contribution in [0.3, 0.4) is 0 Å². The molecule has 0 radical (unpaired) electrons. The predicted octanol–water partition coefficient (Wildman–Crippen LogP) is 2.94. The van der Waals surface area contributed by atoms with Crippen LogP contribution in [0, 0.1) is 0 Å². The highest BCUT2D eigenvalue weighted by molar-refractivity contribution is 5.64. The highest BCUT2D eigenvalue weighted by atomic mass is 19.4. The first-order chi connectivity index (χ1) is 7.48. The van der Waals surface area contributed by atoms with Crippen LogP contribution in [0.15, 0.2) is 35.1 Å². The molecule has 0 aliphatic carbocycles. The van der Waals surface area contributed by atoms with Gasteiger partial charge in [0.25, 0.3) is 0 Å². The van der Waals surface area contributed by atoms with Crippen molar-refractivity contribution in [3.63, 3.8) is 0 Å². The fourth-order valence-corrected chi connectivity index (χ4v) is 1.29. The second-order valence-electron chi connectivity index (χ2n) is 3.20. The number of halogens is 3. The summed E-state index contributed by atoms with van der Waals surface area (Å²) in [4.78, 5) is 0. The van der Waals surface area contributed by atoms with Crippen molar-refractivity contribution >= 4 is 5.69 Å². The van der Waals surface area contributed by atoms with E-state index in [2.05, 4.69) is 9.68 Å². The second kappa shape index (κ2) is 3.55. The summed E-state index contributed by atoms with van der Waals surface area (Å²) in [6, 6.07) is 5.93. The molecule has 1 heterocycles. The van der Waals surface area contributed by atoms with Crippen LogP contribution in [0.5, 0.6) is 0 Å². The maximum atomic E-state index is 12.5. The molecule has 0 saturated heterocycles. The molecule has 2 N–H and O–H groups in total. The Morgan fingerprint density at radius 3 is 2.31 bits per heavy atom. The summed E-state index contributed by atoms with van der Waals surface area (Å²) >= 11 is 0. The van der Waals surface area contributed by atoms with Gasteiger partial charge in [-0.3, -0.25) is 0 Å². The number of benzene rings is 1. The number of aromatic nitrogens is 1. The SMILES string of the molecule is Nc1ccc(-c2nocc2C(F)(F)F)cc1. The van der Waals surface area contributed by atoms with Gasteiger partial charge in [-0.05, 0) is 12.1 Å². The smallest absolute Gasteiger partial charge is 0.399 e. The summed E-state index contributed by atoms with van der Waals surface area (Å²) in [5.41, 5.74) is 5.11. The normalized spacial score (nSPS) is 11.7. The molecule has 0 bridgehead atoms. The summed E-state index contributed by atoms with van der Waals surface area (Å²) in [6.07, 6.45) is -3.89. The Morgan fingerprint density at radius 2 is 1.75 bits per heavy atom. The number of alkyl halides is 3. The average molecular weight is 228 g/mol. The van der Waals surface area contributed by atoms with E-state index in [-0.39, 0.29) is 5.69 Å². The summed E-state index contributed by atoms with van der Waals surface area (Å²) in [6.45, 7) is 0. The molecule has 0 unspecified atom stereocenters. The highest BCUT2D eigenvalue weighted by Gasteiger charge is 2.36. The van der Waals surface area contributed by atoms with Gasteiger partial charge in [0, 0.05) is 11.3 Å². The summed E-state index contributed by atoms with van der Waals surface area (Å²) in [7, 11) is 0. The molecule has 16 heavy (non-hydrogen) atoms. The Labute approximate surface area is 88.7 Å². The fraction of sp³-hybridized carbons (Fsp3) is 0.100. The summed E-state index contributed by atoms with van der Waals surface area (Å²) in [5.74, 6) is 0. The molecule has 0 saturated carbocycles. The number of anilines is 1. The molecule has 2 rings (SSSR count).